The Bertz CT molecular complexity index is 1170. The number of anilines is 1. The van der Waals surface area contributed by atoms with Crippen LogP contribution in [0.15, 0.2) is 40.1 Å². The third-order valence-electron chi connectivity index (χ3n) is 5.36. The zero-order chi connectivity index (χ0) is 22.2. The maximum Gasteiger partial charge on any atom is 0.340 e. The number of carbonyl (C=O) groups excluding carboxylic acids is 2. The van der Waals surface area contributed by atoms with E-state index in [0.717, 1.165) is 36.2 Å². The summed E-state index contributed by atoms with van der Waals surface area (Å²) in [5.41, 5.74) is 1.83. The van der Waals surface area contributed by atoms with Crippen LogP contribution in [0.4, 0.5) is 5.69 Å². The maximum atomic E-state index is 13.1. The molecule has 0 unspecified atom stereocenters. The van der Waals surface area contributed by atoms with Crippen LogP contribution in [-0.4, -0.2) is 38.8 Å². The van der Waals surface area contributed by atoms with Crippen LogP contribution in [0.2, 0.25) is 5.02 Å². The third-order valence-corrected chi connectivity index (χ3v) is 8.73. The van der Waals surface area contributed by atoms with Crippen molar-refractivity contribution in [3.05, 3.63) is 56.9 Å². The molecule has 0 bridgehead atoms. The zero-order valence-electron chi connectivity index (χ0n) is 16.8. The van der Waals surface area contributed by atoms with Gasteiger partial charge in [-0.25, -0.2) is 13.2 Å². The largest absolute Gasteiger partial charge is 0.465 e. The van der Waals surface area contributed by atoms with Gasteiger partial charge in [-0.2, -0.15) is 0 Å². The Morgan fingerprint density at radius 1 is 1.19 bits per heavy atom. The monoisotopic (exact) mass is 480 g/mol. The lowest BCUT2D eigenvalue weighted by atomic mass is 10.0. The molecule has 1 aromatic heterocycles. The number of carbonyl (C=O) groups is 2. The zero-order valence-corrected chi connectivity index (χ0v) is 19.2. The highest BCUT2D eigenvalue weighted by Crippen LogP contribution is 2.38. The van der Waals surface area contributed by atoms with Gasteiger partial charge < -0.3 is 9.64 Å². The fourth-order valence-electron chi connectivity index (χ4n) is 3.84. The number of allylic oxidation sites excluding steroid dienone is 1. The smallest absolute Gasteiger partial charge is 0.340 e. The van der Waals surface area contributed by atoms with Crippen molar-refractivity contribution >= 4 is 50.5 Å². The van der Waals surface area contributed by atoms with E-state index >= 15 is 0 Å². The fourth-order valence-corrected chi connectivity index (χ4v) is 6.92. The summed E-state index contributed by atoms with van der Waals surface area (Å²) < 4.78 is 33.6. The van der Waals surface area contributed by atoms with Gasteiger partial charge in [0.25, 0.3) is 10.0 Å². The molecule has 7 nitrogen and oxygen atoms in total. The highest BCUT2D eigenvalue weighted by Gasteiger charge is 2.35. The number of esters is 1. The number of thiophene rings is 1. The minimum Gasteiger partial charge on any atom is -0.465 e. The molecule has 2 heterocycles. The first-order chi connectivity index (χ1) is 14.8. The Balaban J connectivity index is 1.68. The molecule has 1 amide bonds. The Morgan fingerprint density at radius 3 is 2.58 bits per heavy atom. The second-order valence-electron chi connectivity index (χ2n) is 7.37. The van der Waals surface area contributed by atoms with Crippen molar-refractivity contribution in [1.29, 1.82) is 0 Å². The van der Waals surface area contributed by atoms with Crippen molar-refractivity contribution in [3.8, 4) is 0 Å². The summed E-state index contributed by atoms with van der Waals surface area (Å²) in [5.74, 6) is -0.716. The van der Waals surface area contributed by atoms with Crippen LogP contribution in [0.25, 0.3) is 0 Å². The first-order valence-electron chi connectivity index (χ1n) is 9.79. The van der Waals surface area contributed by atoms with Crippen LogP contribution >= 0.6 is 22.9 Å². The number of benzene rings is 1. The predicted molar refractivity (Wildman–Crippen MR) is 119 cm³/mol. The van der Waals surface area contributed by atoms with Gasteiger partial charge in [0.15, 0.2) is 4.21 Å². The van der Waals surface area contributed by atoms with Crippen molar-refractivity contribution in [2.45, 2.75) is 36.4 Å². The molecule has 1 aromatic carbocycles. The first-order valence-corrected chi connectivity index (χ1v) is 12.5. The summed E-state index contributed by atoms with van der Waals surface area (Å²) >= 11 is 6.88. The number of hydrogen-bond acceptors (Lipinski definition) is 6. The minimum atomic E-state index is -4.05. The van der Waals surface area contributed by atoms with Crippen molar-refractivity contribution in [1.82, 2.24) is 4.90 Å². The lowest BCUT2D eigenvalue weighted by Gasteiger charge is -2.27. The molecule has 0 spiro atoms. The SMILES string of the molecule is COC(=O)c1c(S(=O)(=O)Nc2ccc(Cl)cc2)sc2c1CCN(C(=O)C1=CCCC1)C2. The maximum absolute atomic E-state index is 13.1. The Hall–Kier alpha value is -2.36. The van der Waals surface area contributed by atoms with Gasteiger partial charge in [0.2, 0.25) is 5.91 Å². The number of nitrogens with one attached hydrogen (secondary N) is 1. The summed E-state index contributed by atoms with van der Waals surface area (Å²) in [5, 5.41) is 0.479. The number of rotatable bonds is 5. The van der Waals surface area contributed by atoms with E-state index in [1.807, 2.05) is 6.08 Å². The van der Waals surface area contributed by atoms with Crippen LogP contribution in [0.5, 0.6) is 0 Å². The number of halogens is 1. The van der Waals surface area contributed by atoms with Gasteiger partial charge in [-0.1, -0.05) is 17.7 Å². The van der Waals surface area contributed by atoms with Gasteiger partial charge in [0, 0.05) is 27.7 Å². The Kier molecular flexibility index (Phi) is 6.09. The fraction of sp³-hybridized carbons (Fsp3) is 0.333. The number of hydrogen-bond donors (Lipinski definition) is 1. The van der Waals surface area contributed by atoms with Crippen LogP contribution < -0.4 is 4.72 Å². The van der Waals surface area contributed by atoms with Gasteiger partial charge in [-0.3, -0.25) is 9.52 Å². The Morgan fingerprint density at radius 2 is 1.94 bits per heavy atom. The van der Waals surface area contributed by atoms with E-state index in [9.17, 15) is 18.0 Å². The normalized spacial score (nSPS) is 15.9. The highest BCUT2D eigenvalue weighted by molar-refractivity contribution is 7.94. The van der Waals surface area contributed by atoms with Crippen molar-refractivity contribution in [2.24, 2.45) is 0 Å². The van der Waals surface area contributed by atoms with Gasteiger partial charge in [-0.05, 0) is 55.5 Å². The molecule has 1 aliphatic heterocycles. The summed E-state index contributed by atoms with van der Waals surface area (Å²) in [6, 6.07) is 6.23. The average Bonchev–Trinajstić information content (AvgIpc) is 3.42. The van der Waals surface area contributed by atoms with E-state index in [1.165, 1.54) is 7.11 Å². The minimum absolute atomic E-state index is 0.0140. The molecule has 0 atom stereocenters. The summed E-state index contributed by atoms with van der Waals surface area (Å²) in [6.45, 7) is 0.699. The van der Waals surface area contributed by atoms with E-state index in [2.05, 4.69) is 4.72 Å². The second kappa shape index (κ2) is 8.64. The van der Waals surface area contributed by atoms with E-state index in [1.54, 1.807) is 29.2 Å². The van der Waals surface area contributed by atoms with Crippen LogP contribution in [0.3, 0.4) is 0 Å². The molecule has 10 heteroatoms. The molecule has 1 N–H and O–H groups in total. The number of sulfonamides is 1. The number of nitrogens with zero attached hydrogens (tertiary/aromatic N) is 1. The molecule has 0 saturated carbocycles. The molecule has 2 aromatic rings. The topological polar surface area (TPSA) is 92.8 Å². The summed E-state index contributed by atoms with van der Waals surface area (Å²) in [6.07, 6.45) is 5.02. The molecule has 0 saturated heterocycles. The first kappa shape index (κ1) is 21.9. The van der Waals surface area contributed by atoms with E-state index in [0.29, 0.717) is 34.1 Å². The van der Waals surface area contributed by atoms with Gasteiger partial charge >= 0.3 is 5.97 Å². The lowest BCUT2D eigenvalue weighted by Crippen LogP contribution is -2.36. The third kappa shape index (κ3) is 4.35. The molecular weight excluding hydrogens is 460 g/mol. The quantitative estimate of drug-likeness (QED) is 0.653. The predicted octanol–water partition coefficient (Wildman–Crippen LogP) is 3.98. The summed E-state index contributed by atoms with van der Waals surface area (Å²) in [4.78, 5) is 27.7. The summed E-state index contributed by atoms with van der Waals surface area (Å²) in [7, 11) is -2.83. The van der Waals surface area contributed by atoms with Crippen LogP contribution in [-0.2, 0) is 32.5 Å². The molecule has 31 heavy (non-hydrogen) atoms. The molecule has 2 aliphatic rings. The van der Waals surface area contributed by atoms with Gasteiger partial charge in [0.1, 0.15) is 0 Å². The molecule has 0 fully saturated rings. The lowest BCUT2D eigenvalue weighted by molar-refractivity contribution is -0.128. The molecule has 0 radical (unpaired) electrons. The average molecular weight is 481 g/mol. The number of methoxy groups -OCH3 is 1. The number of ether oxygens (including phenoxy) is 1. The van der Waals surface area contributed by atoms with Gasteiger partial charge in [-0.15, -0.1) is 11.3 Å². The van der Waals surface area contributed by atoms with Crippen LogP contribution in [0.1, 0.15) is 40.1 Å². The van der Waals surface area contributed by atoms with Gasteiger partial charge in [0.05, 0.1) is 19.2 Å². The second-order valence-corrected chi connectivity index (χ2v) is 10.8. The Labute approximate surface area is 189 Å². The molecule has 1 aliphatic carbocycles. The van der Waals surface area contributed by atoms with E-state index in [-0.39, 0.29) is 22.2 Å². The van der Waals surface area contributed by atoms with Crippen molar-refractivity contribution in [3.63, 3.8) is 0 Å². The van der Waals surface area contributed by atoms with Crippen molar-refractivity contribution in [2.75, 3.05) is 18.4 Å². The van der Waals surface area contributed by atoms with E-state index < -0.39 is 16.0 Å². The van der Waals surface area contributed by atoms with E-state index in [4.69, 9.17) is 16.3 Å². The number of fused-ring (bicyclic) bond motifs is 1. The van der Waals surface area contributed by atoms with Crippen molar-refractivity contribution < 1.29 is 22.7 Å². The molecule has 4 rings (SSSR count). The highest BCUT2D eigenvalue weighted by atomic mass is 35.5. The standard InChI is InChI=1S/C21H21ClN2O5S2/c1-29-20(26)18-16-10-11-24(19(25)13-4-2-3-5-13)12-17(16)30-21(18)31(27,28)23-15-8-6-14(22)7-9-15/h4,6-9,23H,2-3,5,10-12H2,1H3. The molecular formula is C21H21ClN2O5S2. The van der Waals surface area contributed by atoms with Crippen LogP contribution in [0, 0.1) is 0 Å². The number of amides is 1. The molecule has 164 valence electrons.